The van der Waals surface area contributed by atoms with Gasteiger partial charge in [-0.05, 0) is 110 Å². The third-order valence-corrected chi connectivity index (χ3v) is 10.7. The number of carbonyl (C=O) groups excluding carboxylic acids is 1. The average molecular weight is 841 g/mol. The predicted molar refractivity (Wildman–Crippen MR) is 230 cm³/mol. The fraction of sp³-hybridized carbons (Fsp3) is 0.367. The maximum atomic E-state index is 12.3. The Morgan fingerprint density at radius 2 is 1.14 bits per heavy atom. The Balaban J connectivity index is 0.000000246. The molecule has 0 unspecified atom stereocenters. The first kappa shape index (κ1) is 44.2. The van der Waals surface area contributed by atoms with E-state index in [1.165, 1.54) is 40.5 Å². The molecule has 2 aliphatic rings. The van der Waals surface area contributed by atoms with Gasteiger partial charge in [-0.1, -0.05) is 127 Å². The van der Waals surface area contributed by atoms with Crippen molar-refractivity contribution in [3.8, 4) is 0 Å². The molecule has 0 N–H and O–H groups in total. The molecule has 0 spiro atoms. The minimum atomic E-state index is -0.357. The Bertz CT molecular complexity index is 2340. The summed E-state index contributed by atoms with van der Waals surface area (Å²) >= 11 is 0. The van der Waals surface area contributed by atoms with E-state index < -0.39 is 0 Å². The molecule has 296 valence electrons. The van der Waals surface area contributed by atoms with Crippen LogP contribution < -0.4 is 9.97 Å². The number of benzene rings is 2. The number of hydrogen-bond donors (Lipinski definition) is 0. The van der Waals surface area contributed by atoms with Crippen molar-refractivity contribution in [2.75, 3.05) is 7.11 Å². The second kappa shape index (κ2) is 16.9. The molecule has 2 aromatic heterocycles. The van der Waals surface area contributed by atoms with Crippen molar-refractivity contribution in [1.82, 2.24) is 9.97 Å². The second-order valence-corrected chi connectivity index (χ2v) is 17.1. The quantitative estimate of drug-likeness (QED) is 0.148. The molecule has 0 fully saturated rings. The summed E-state index contributed by atoms with van der Waals surface area (Å²) in [5.74, 6) is -0.357. The van der Waals surface area contributed by atoms with Crippen molar-refractivity contribution in [2.45, 2.75) is 115 Å². The zero-order valence-electron chi connectivity index (χ0n) is 36.2. The van der Waals surface area contributed by atoms with Gasteiger partial charge in [0.15, 0.2) is 0 Å². The number of esters is 1. The number of aryl methyl sites for hydroxylation is 3. The van der Waals surface area contributed by atoms with Crippen LogP contribution in [-0.2, 0) is 40.8 Å². The van der Waals surface area contributed by atoms with Gasteiger partial charge in [-0.25, -0.2) is 4.79 Å². The van der Waals surface area contributed by atoms with Crippen molar-refractivity contribution in [1.29, 1.82) is 0 Å². The molecule has 2 aliphatic heterocycles. The molecule has 0 radical (unpaired) electrons. The number of allylic oxidation sites excluding steroid dienone is 3. The van der Waals surface area contributed by atoms with Crippen molar-refractivity contribution < 1.29 is 30.0 Å². The van der Waals surface area contributed by atoms with Crippen LogP contribution in [0.25, 0.3) is 11.1 Å². The standard InChI is InChI=1S/C25H30N2O2.C24H29N2.Pd/c1-14-13-15(2)26-22(14)21(18-9-11-19(12-10-18)25(5,6)7)23-16(3)20(17(4)27-23)24(28)29-8;1-14-13-15(2)25-22(14)21(23-17(4)16(3)18(5)26-23)19-9-11-20(12-10-19)24(6,7)8;/h9-13H,1-8H3,(H,26,27,28);9-13H,1-8H3;/q;-1;+2/p-1/b;22-21-;. The van der Waals surface area contributed by atoms with E-state index in [0.29, 0.717) is 11.3 Å². The monoisotopic (exact) mass is 840 g/mol. The Morgan fingerprint density at radius 3 is 1.52 bits per heavy atom. The topological polar surface area (TPSA) is 79.2 Å². The number of nitrogens with zero attached hydrogens (tertiary/aromatic N) is 4. The molecule has 0 bridgehead atoms. The molecular weight excluding hydrogens is 783 g/mol. The summed E-state index contributed by atoms with van der Waals surface area (Å²) in [6.07, 6.45) is 2.15. The molecule has 0 saturated carbocycles. The number of hydrogen-bond acceptors (Lipinski definition) is 4. The van der Waals surface area contributed by atoms with Gasteiger partial charge in [0, 0.05) is 5.71 Å². The Kier molecular flexibility index (Phi) is 13.3. The molecule has 6 nitrogen and oxygen atoms in total. The van der Waals surface area contributed by atoms with Crippen LogP contribution in [0.5, 0.6) is 0 Å². The molecule has 4 heterocycles. The van der Waals surface area contributed by atoms with Crippen LogP contribution in [0.3, 0.4) is 0 Å². The predicted octanol–water partition coefficient (Wildman–Crippen LogP) is 11.3. The summed E-state index contributed by atoms with van der Waals surface area (Å²) < 4.78 is 4.98. The van der Waals surface area contributed by atoms with Crippen LogP contribution >= 0.6 is 0 Å². The van der Waals surface area contributed by atoms with E-state index in [0.717, 1.165) is 67.7 Å². The van der Waals surface area contributed by atoms with Gasteiger partial charge in [-0.3, -0.25) is 9.98 Å². The Labute approximate surface area is 349 Å². The number of methoxy groups -OCH3 is 1. The van der Waals surface area contributed by atoms with Crippen LogP contribution in [0.2, 0.25) is 0 Å². The van der Waals surface area contributed by atoms with Gasteiger partial charge < -0.3 is 14.7 Å². The molecule has 7 heteroatoms. The summed E-state index contributed by atoms with van der Waals surface area (Å²) in [7, 11) is 1.40. The van der Waals surface area contributed by atoms with Gasteiger partial charge in [0.05, 0.1) is 29.8 Å². The molecule has 6 rings (SSSR count). The van der Waals surface area contributed by atoms with E-state index in [1.807, 2.05) is 20.8 Å². The smallest absolute Gasteiger partial charge is 0.661 e. The molecule has 0 saturated heterocycles. The maximum Gasteiger partial charge on any atom is 2.00 e. The van der Waals surface area contributed by atoms with Crippen molar-refractivity contribution in [3.05, 3.63) is 151 Å². The zero-order valence-corrected chi connectivity index (χ0v) is 37.7. The number of rotatable bonds is 5. The first-order valence-electron chi connectivity index (χ1n) is 19.2. The minimum absolute atomic E-state index is 0. The first-order chi connectivity index (χ1) is 25.6. The van der Waals surface area contributed by atoms with Gasteiger partial charge in [0.1, 0.15) is 0 Å². The molecule has 56 heavy (non-hydrogen) atoms. The normalized spacial score (nSPS) is 16.1. The van der Waals surface area contributed by atoms with Gasteiger partial charge >= 0.3 is 26.4 Å². The largest absolute Gasteiger partial charge is 2.00 e. The van der Waals surface area contributed by atoms with Gasteiger partial charge in [-0.2, -0.15) is 11.4 Å². The van der Waals surface area contributed by atoms with Crippen molar-refractivity contribution in [3.63, 3.8) is 0 Å². The van der Waals surface area contributed by atoms with E-state index >= 15 is 0 Å². The molecule has 0 atom stereocenters. The third kappa shape index (κ3) is 9.01. The van der Waals surface area contributed by atoms with Crippen LogP contribution in [0, 0.1) is 34.6 Å². The fourth-order valence-corrected chi connectivity index (χ4v) is 7.28. The van der Waals surface area contributed by atoms with E-state index in [2.05, 4.69) is 144 Å². The molecule has 4 aromatic rings. The van der Waals surface area contributed by atoms with Crippen molar-refractivity contribution in [2.24, 2.45) is 9.98 Å². The Hall–Kier alpha value is -4.57. The van der Waals surface area contributed by atoms with Crippen LogP contribution in [-0.4, -0.2) is 24.5 Å². The van der Waals surface area contributed by atoms with Crippen LogP contribution in [0.15, 0.2) is 98.8 Å². The number of aliphatic imine (C=N–C) groups is 2. The first-order valence-corrected chi connectivity index (χ1v) is 19.2. The Morgan fingerprint density at radius 1 is 0.643 bits per heavy atom. The summed E-state index contributed by atoms with van der Waals surface area (Å²) in [6, 6.07) is 19.6. The minimum Gasteiger partial charge on any atom is -0.661 e. The van der Waals surface area contributed by atoms with Gasteiger partial charge in [-0.15, -0.1) is 11.4 Å². The molecular formula is C49H58N4O2Pd. The fourth-order valence-electron chi connectivity index (χ4n) is 7.28. The average Bonchev–Trinajstić information content (AvgIpc) is 3.80. The number of ether oxygens (including phenoxy) is 1. The summed E-state index contributed by atoms with van der Waals surface area (Å²) in [6.45, 7) is 31.8. The second-order valence-electron chi connectivity index (χ2n) is 17.1. The summed E-state index contributed by atoms with van der Waals surface area (Å²) in [4.78, 5) is 31.6. The van der Waals surface area contributed by atoms with E-state index in [4.69, 9.17) is 24.7 Å². The van der Waals surface area contributed by atoms with E-state index in [1.54, 1.807) is 0 Å². The van der Waals surface area contributed by atoms with E-state index in [9.17, 15) is 4.79 Å². The van der Waals surface area contributed by atoms with E-state index in [-0.39, 0.29) is 37.2 Å². The SMILES string of the molecule is CC1=CC(C)=N/C1=C(/c1ccc(C(C)(C)C)cc1)c1[n-]c(C)c(C)c1C.COC(=O)C1=C(C)/C(=C(\c2ccc(C(C)(C)C)cc2)c2[n-]c(C)cc2C)N=C1C.[Pd+2]. The number of aromatic nitrogens is 2. The van der Waals surface area contributed by atoms with Gasteiger partial charge in [0.2, 0.25) is 0 Å². The summed E-state index contributed by atoms with van der Waals surface area (Å²) in [5.41, 5.74) is 20.9. The maximum absolute atomic E-state index is 12.3. The molecule has 0 amide bonds. The van der Waals surface area contributed by atoms with Crippen molar-refractivity contribution >= 4 is 28.5 Å². The molecule has 0 aliphatic carbocycles. The van der Waals surface area contributed by atoms with Crippen LogP contribution in [0.1, 0.15) is 131 Å². The molecule has 2 aromatic carbocycles. The van der Waals surface area contributed by atoms with Crippen LogP contribution in [0.4, 0.5) is 0 Å². The third-order valence-electron chi connectivity index (χ3n) is 10.7. The van der Waals surface area contributed by atoms with Gasteiger partial charge in [0.25, 0.3) is 0 Å². The number of carbonyl (C=O) groups is 1. The summed E-state index contributed by atoms with van der Waals surface area (Å²) in [5, 5.41) is 0. The zero-order chi connectivity index (χ0) is 40.7.